The fourth-order valence-corrected chi connectivity index (χ4v) is 2.11. The number of nitrogens with zero attached hydrogens (tertiary/aromatic N) is 3. The molecule has 0 radical (unpaired) electrons. The number of alkyl halides is 3. The van der Waals surface area contributed by atoms with Crippen LogP contribution in [0.3, 0.4) is 0 Å². The van der Waals surface area contributed by atoms with Crippen molar-refractivity contribution in [1.29, 1.82) is 0 Å². The van der Waals surface area contributed by atoms with E-state index in [0.717, 1.165) is 9.47 Å². The summed E-state index contributed by atoms with van der Waals surface area (Å²) in [6.07, 6.45) is -2.02. The van der Waals surface area contributed by atoms with Crippen molar-refractivity contribution < 1.29 is 22.8 Å². The maximum absolute atomic E-state index is 12.4. The molecule has 1 fully saturated rings. The molecule has 1 aromatic heterocycles. The number of carbonyl (C=O) groups is 2. The molecule has 1 atom stereocenters. The van der Waals surface area contributed by atoms with Crippen molar-refractivity contribution in [3.8, 4) is 0 Å². The lowest BCUT2D eigenvalue weighted by atomic mass is 10.1. The fourth-order valence-electron chi connectivity index (χ4n) is 2.11. The van der Waals surface area contributed by atoms with E-state index in [0.29, 0.717) is 0 Å². The van der Waals surface area contributed by atoms with Gasteiger partial charge in [-0.2, -0.15) is 13.2 Å². The molecule has 0 unspecified atom stereocenters. The van der Waals surface area contributed by atoms with Crippen LogP contribution in [0.4, 0.5) is 18.0 Å². The summed E-state index contributed by atoms with van der Waals surface area (Å²) in [5.41, 5.74) is 0. The van der Waals surface area contributed by atoms with Gasteiger partial charge in [0.05, 0.1) is 6.54 Å². The van der Waals surface area contributed by atoms with Crippen molar-refractivity contribution in [2.45, 2.75) is 39.2 Å². The molecule has 3 amide bonds. The van der Waals surface area contributed by atoms with Crippen LogP contribution in [-0.4, -0.2) is 38.6 Å². The highest BCUT2D eigenvalue weighted by Gasteiger charge is 2.40. The Hall–Kier alpha value is -2.06. The van der Waals surface area contributed by atoms with Crippen molar-refractivity contribution in [2.75, 3.05) is 0 Å². The van der Waals surface area contributed by atoms with Crippen molar-refractivity contribution in [1.82, 2.24) is 19.8 Å². The lowest BCUT2D eigenvalue weighted by Crippen LogP contribution is -2.35. The Morgan fingerprint density at radius 3 is 2.57 bits per heavy atom. The summed E-state index contributed by atoms with van der Waals surface area (Å²) >= 11 is 0. The maximum atomic E-state index is 12.4. The van der Waals surface area contributed by atoms with Crippen LogP contribution in [0.2, 0.25) is 0 Å². The fraction of sp³-hybridized carbons (Fsp3) is 0.583. The minimum absolute atomic E-state index is 0.0141. The standard InChI is InChI=1S/C12H15F3N4O2/c1-7(2)9-10(20)19(11(21)17-9)5-8-16-3-4-18(8)6-12(13,14)15/h3-4,7,9H,5-6H2,1-2H3,(H,17,21)/t9-/m1/s1. The third-order valence-corrected chi connectivity index (χ3v) is 3.17. The first kappa shape index (κ1) is 15.3. The minimum Gasteiger partial charge on any atom is -0.326 e. The number of hydrogen-bond donors (Lipinski definition) is 1. The van der Waals surface area contributed by atoms with E-state index in [1.54, 1.807) is 13.8 Å². The first-order valence-electron chi connectivity index (χ1n) is 6.37. The van der Waals surface area contributed by atoms with Gasteiger partial charge in [-0.15, -0.1) is 0 Å². The molecule has 0 aliphatic carbocycles. The zero-order chi connectivity index (χ0) is 15.8. The van der Waals surface area contributed by atoms with Crippen LogP contribution in [-0.2, 0) is 17.9 Å². The van der Waals surface area contributed by atoms with Crippen LogP contribution < -0.4 is 5.32 Å². The molecule has 0 bridgehead atoms. The Morgan fingerprint density at radius 2 is 2.05 bits per heavy atom. The van der Waals surface area contributed by atoms with Gasteiger partial charge in [-0.1, -0.05) is 13.8 Å². The lowest BCUT2D eigenvalue weighted by molar-refractivity contribution is -0.141. The number of urea groups is 1. The minimum atomic E-state index is -4.40. The van der Waals surface area contributed by atoms with Crippen molar-refractivity contribution >= 4 is 11.9 Å². The molecule has 0 aromatic carbocycles. The van der Waals surface area contributed by atoms with E-state index < -0.39 is 30.7 Å². The number of rotatable bonds is 4. The summed E-state index contributed by atoms with van der Waals surface area (Å²) in [5, 5.41) is 2.51. The van der Waals surface area contributed by atoms with Crippen LogP contribution in [0.5, 0.6) is 0 Å². The van der Waals surface area contributed by atoms with Gasteiger partial charge >= 0.3 is 12.2 Å². The van der Waals surface area contributed by atoms with Gasteiger partial charge in [0.1, 0.15) is 18.4 Å². The molecule has 0 saturated carbocycles. The van der Waals surface area contributed by atoms with E-state index in [4.69, 9.17) is 0 Å². The Kier molecular flexibility index (Phi) is 3.93. The molecule has 6 nitrogen and oxygen atoms in total. The van der Waals surface area contributed by atoms with Gasteiger partial charge in [0.15, 0.2) is 0 Å². The predicted octanol–water partition coefficient (Wildman–Crippen LogP) is 1.52. The highest BCUT2D eigenvalue weighted by atomic mass is 19.4. The van der Waals surface area contributed by atoms with Crippen LogP contribution in [0.15, 0.2) is 12.4 Å². The highest BCUT2D eigenvalue weighted by molar-refractivity contribution is 6.04. The summed E-state index contributed by atoms with van der Waals surface area (Å²) in [6, 6.07) is -1.26. The SMILES string of the molecule is CC(C)[C@H]1NC(=O)N(Cc2nccn2CC(F)(F)F)C1=O. The molecule has 2 rings (SSSR count). The summed E-state index contributed by atoms with van der Waals surface area (Å²) in [7, 11) is 0. The van der Waals surface area contributed by atoms with Gasteiger partial charge < -0.3 is 9.88 Å². The van der Waals surface area contributed by atoms with Crippen molar-refractivity contribution in [2.24, 2.45) is 5.92 Å². The zero-order valence-corrected chi connectivity index (χ0v) is 11.5. The van der Waals surface area contributed by atoms with Crippen LogP contribution >= 0.6 is 0 Å². The molecule has 1 aliphatic heterocycles. The van der Waals surface area contributed by atoms with Gasteiger partial charge in [-0.25, -0.2) is 9.78 Å². The number of imidazole rings is 1. The van der Waals surface area contributed by atoms with Crippen LogP contribution in [0.1, 0.15) is 19.7 Å². The third kappa shape index (κ3) is 3.34. The van der Waals surface area contributed by atoms with Gasteiger partial charge in [-0.05, 0) is 5.92 Å². The Balaban J connectivity index is 2.14. The van der Waals surface area contributed by atoms with Gasteiger partial charge in [0.25, 0.3) is 5.91 Å². The second kappa shape index (κ2) is 5.38. The molecule has 1 aliphatic rings. The molecule has 9 heteroatoms. The average Bonchev–Trinajstić information content (AvgIpc) is 2.87. The molecule has 2 heterocycles. The summed E-state index contributed by atoms with van der Waals surface area (Å²) in [4.78, 5) is 28.5. The molecule has 0 spiro atoms. The first-order valence-corrected chi connectivity index (χ1v) is 6.37. The monoisotopic (exact) mass is 304 g/mol. The lowest BCUT2D eigenvalue weighted by Gasteiger charge is -2.16. The number of halogens is 3. The molecular formula is C12H15F3N4O2. The van der Waals surface area contributed by atoms with E-state index >= 15 is 0 Å². The van der Waals surface area contributed by atoms with Crippen LogP contribution in [0.25, 0.3) is 0 Å². The molecular weight excluding hydrogens is 289 g/mol. The number of imide groups is 1. The smallest absolute Gasteiger partial charge is 0.326 e. The number of nitrogens with one attached hydrogen (secondary N) is 1. The van der Waals surface area contributed by atoms with E-state index in [-0.39, 0.29) is 18.3 Å². The topological polar surface area (TPSA) is 67.2 Å². The molecule has 1 saturated heterocycles. The largest absolute Gasteiger partial charge is 0.406 e. The van der Waals surface area contributed by atoms with Crippen molar-refractivity contribution in [3.05, 3.63) is 18.2 Å². The first-order chi connectivity index (χ1) is 9.69. The number of aromatic nitrogens is 2. The van der Waals surface area contributed by atoms with Gasteiger partial charge in [0, 0.05) is 12.4 Å². The van der Waals surface area contributed by atoms with E-state index in [1.807, 2.05) is 0 Å². The van der Waals surface area contributed by atoms with E-state index in [1.165, 1.54) is 12.4 Å². The summed E-state index contributed by atoms with van der Waals surface area (Å²) < 4.78 is 38.2. The highest BCUT2D eigenvalue weighted by Crippen LogP contribution is 2.20. The number of carbonyl (C=O) groups excluding carboxylic acids is 2. The number of hydrogen-bond acceptors (Lipinski definition) is 3. The number of amides is 3. The second-order valence-electron chi connectivity index (χ2n) is 5.18. The summed E-state index contributed by atoms with van der Waals surface area (Å²) in [5.74, 6) is -0.529. The van der Waals surface area contributed by atoms with E-state index in [2.05, 4.69) is 10.3 Å². The predicted molar refractivity (Wildman–Crippen MR) is 66.0 cm³/mol. The Bertz CT molecular complexity index is 553. The van der Waals surface area contributed by atoms with Crippen molar-refractivity contribution in [3.63, 3.8) is 0 Å². The molecule has 1 N–H and O–H groups in total. The van der Waals surface area contributed by atoms with Crippen LogP contribution in [0, 0.1) is 5.92 Å². The third-order valence-electron chi connectivity index (χ3n) is 3.17. The molecule has 1 aromatic rings. The maximum Gasteiger partial charge on any atom is 0.406 e. The molecule has 116 valence electrons. The van der Waals surface area contributed by atoms with Gasteiger partial charge in [0.2, 0.25) is 0 Å². The quantitative estimate of drug-likeness (QED) is 0.858. The zero-order valence-electron chi connectivity index (χ0n) is 11.5. The van der Waals surface area contributed by atoms with Gasteiger partial charge in [-0.3, -0.25) is 9.69 Å². The Morgan fingerprint density at radius 1 is 1.38 bits per heavy atom. The summed E-state index contributed by atoms with van der Waals surface area (Å²) in [6.45, 7) is 2.06. The average molecular weight is 304 g/mol. The van der Waals surface area contributed by atoms with E-state index in [9.17, 15) is 22.8 Å². The second-order valence-corrected chi connectivity index (χ2v) is 5.18. The normalized spacial score (nSPS) is 19.5. The molecule has 21 heavy (non-hydrogen) atoms. The Labute approximate surface area is 118 Å².